The molecule has 0 unspecified atom stereocenters. The molecule has 0 fully saturated rings. The molecule has 0 N–H and O–H groups in total. The van der Waals surface area contributed by atoms with Gasteiger partial charge >= 0.3 is 0 Å². The third-order valence-electron chi connectivity index (χ3n) is 3.07. The van der Waals surface area contributed by atoms with Crippen molar-refractivity contribution in [2.24, 2.45) is 0 Å². The normalized spacial score (nSPS) is 10.5. The van der Waals surface area contributed by atoms with Crippen molar-refractivity contribution in [2.75, 3.05) is 21.3 Å². The second kappa shape index (κ2) is 7.26. The van der Waals surface area contributed by atoms with Gasteiger partial charge in [0.2, 0.25) is 5.78 Å². The molecule has 0 spiro atoms. The van der Waals surface area contributed by atoms with Crippen LogP contribution in [0.2, 0.25) is 0 Å². The highest BCUT2D eigenvalue weighted by Crippen LogP contribution is 2.35. The van der Waals surface area contributed by atoms with E-state index < -0.39 is 0 Å². The number of pyridine rings is 1. The number of rotatable bonds is 6. The fourth-order valence-corrected chi connectivity index (χ4v) is 1.94. The summed E-state index contributed by atoms with van der Waals surface area (Å²) in [6, 6.07) is 8.66. The molecule has 1 aromatic heterocycles. The van der Waals surface area contributed by atoms with E-state index >= 15 is 0 Å². The van der Waals surface area contributed by atoms with E-state index in [2.05, 4.69) is 4.98 Å². The monoisotopic (exact) mass is 299 g/mol. The maximum atomic E-state index is 12.0. The summed E-state index contributed by atoms with van der Waals surface area (Å²) in [7, 11) is 4.66. The molecule has 114 valence electrons. The Bertz CT molecular complexity index is 681. The van der Waals surface area contributed by atoms with Crippen molar-refractivity contribution in [1.29, 1.82) is 0 Å². The fraction of sp³-hybridized carbons (Fsp3) is 0.176. The van der Waals surface area contributed by atoms with Gasteiger partial charge in [-0.2, -0.15) is 0 Å². The van der Waals surface area contributed by atoms with Crippen LogP contribution in [0.15, 0.2) is 42.6 Å². The Hall–Kier alpha value is -2.82. The number of ketones is 1. The van der Waals surface area contributed by atoms with Crippen molar-refractivity contribution in [3.63, 3.8) is 0 Å². The molecule has 0 amide bonds. The molecule has 0 aliphatic rings. The lowest BCUT2D eigenvalue weighted by atomic mass is 10.1. The summed E-state index contributed by atoms with van der Waals surface area (Å²) in [5.74, 6) is 1.53. The van der Waals surface area contributed by atoms with Gasteiger partial charge in [0.25, 0.3) is 0 Å². The Morgan fingerprint density at radius 1 is 1.00 bits per heavy atom. The van der Waals surface area contributed by atoms with Crippen LogP contribution in [-0.2, 0) is 0 Å². The minimum Gasteiger partial charge on any atom is -0.496 e. The third-order valence-corrected chi connectivity index (χ3v) is 3.07. The van der Waals surface area contributed by atoms with Gasteiger partial charge in [0, 0.05) is 17.8 Å². The van der Waals surface area contributed by atoms with Gasteiger partial charge in [-0.15, -0.1) is 0 Å². The first-order chi connectivity index (χ1) is 10.7. The lowest BCUT2D eigenvalue weighted by Crippen LogP contribution is -1.97. The molecule has 0 aliphatic carbocycles. The van der Waals surface area contributed by atoms with Crippen molar-refractivity contribution in [3.8, 4) is 17.2 Å². The molecular weight excluding hydrogens is 282 g/mol. The molecule has 0 aliphatic heterocycles. The standard InChI is InChI=1S/C17H17NO4/c1-20-15-11-17(22-3)16(21-2)10-12(15)7-8-14(19)13-6-4-5-9-18-13/h4-11H,1-3H3/b8-7+. The van der Waals surface area contributed by atoms with E-state index in [0.29, 0.717) is 28.5 Å². The summed E-state index contributed by atoms with van der Waals surface area (Å²) in [6.07, 6.45) is 4.70. The molecule has 2 aromatic rings. The highest BCUT2D eigenvalue weighted by Gasteiger charge is 2.10. The average Bonchev–Trinajstić information content (AvgIpc) is 2.59. The Labute approximate surface area is 129 Å². The highest BCUT2D eigenvalue weighted by molar-refractivity contribution is 6.05. The second-order valence-corrected chi connectivity index (χ2v) is 4.36. The topological polar surface area (TPSA) is 57.7 Å². The zero-order valence-electron chi connectivity index (χ0n) is 12.7. The number of hydrogen-bond acceptors (Lipinski definition) is 5. The van der Waals surface area contributed by atoms with Gasteiger partial charge < -0.3 is 14.2 Å². The van der Waals surface area contributed by atoms with Crippen LogP contribution in [0.25, 0.3) is 6.08 Å². The maximum Gasteiger partial charge on any atom is 0.204 e. The maximum absolute atomic E-state index is 12.0. The molecule has 2 rings (SSSR count). The number of methoxy groups -OCH3 is 3. The number of aromatic nitrogens is 1. The molecule has 0 saturated carbocycles. The predicted molar refractivity (Wildman–Crippen MR) is 83.7 cm³/mol. The lowest BCUT2D eigenvalue weighted by Gasteiger charge is -2.12. The van der Waals surface area contributed by atoms with E-state index in [1.807, 2.05) is 0 Å². The fourth-order valence-electron chi connectivity index (χ4n) is 1.94. The number of benzene rings is 1. The molecule has 1 aromatic carbocycles. The zero-order valence-corrected chi connectivity index (χ0v) is 12.7. The van der Waals surface area contributed by atoms with E-state index in [0.717, 1.165) is 0 Å². The van der Waals surface area contributed by atoms with Crippen molar-refractivity contribution in [3.05, 3.63) is 53.9 Å². The Morgan fingerprint density at radius 3 is 2.27 bits per heavy atom. The molecule has 22 heavy (non-hydrogen) atoms. The Kier molecular flexibility index (Phi) is 5.14. The number of carbonyl (C=O) groups is 1. The average molecular weight is 299 g/mol. The Balaban J connectivity index is 2.32. The van der Waals surface area contributed by atoms with Gasteiger partial charge in [-0.25, -0.2) is 0 Å². The van der Waals surface area contributed by atoms with Crippen molar-refractivity contribution in [2.45, 2.75) is 0 Å². The molecule has 0 radical (unpaired) electrons. The van der Waals surface area contributed by atoms with Crippen LogP contribution in [-0.4, -0.2) is 32.1 Å². The predicted octanol–water partition coefficient (Wildman–Crippen LogP) is 3.00. The first-order valence-corrected chi connectivity index (χ1v) is 6.63. The summed E-state index contributed by atoms with van der Waals surface area (Å²) in [4.78, 5) is 16.1. The first-order valence-electron chi connectivity index (χ1n) is 6.63. The van der Waals surface area contributed by atoms with Crippen LogP contribution in [0, 0.1) is 0 Å². The minimum absolute atomic E-state index is 0.183. The molecule has 5 heteroatoms. The van der Waals surface area contributed by atoms with Crippen LogP contribution >= 0.6 is 0 Å². The van der Waals surface area contributed by atoms with Crippen LogP contribution in [0.5, 0.6) is 17.2 Å². The van der Waals surface area contributed by atoms with Gasteiger partial charge in [0.05, 0.1) is 21.3 Å². The van der Waals surface area contributed by atoms with Crippen molar-refractivity contribution < 1.29 is 19.0 Å². The number of carbonyl (C=O) groups excluding carboxylic acids is 1. The molecule has 5 nitrogen and oxygen atoms in total. The molecule has 0 saturated heterocycles. The quantitative estimate of drug-likeness (QED) is 0.606. The van der Waals surface area contributed by atoms with Gasteiger partial charge in [0.1, 0.15) is 11.4 Å². The van der Waals surface area contributed by atoms with Gasteiger partial charge in [-0.05, 0) is 30.4 Å². The van der Waals surface area contributed by atoms with Crippen LogP contribution in [0.4, 0.5) is 0 Å². The summed E-state index contributed by atoms with van der Waals surface area (Å²) in [5.41, 5.74) is 1.10. The number of nitrogens with zero attached hydrogens (tertiary/aromatic N) is 1. The van der Waals surface area contributed by atoms with E-state index in [1.165, 1.54) is 6.08 Å². The summed E-state index contributed by atoms with van der Waals surface area (Å²) < 4.78 is 15.8. The largest absolute Gasteiger partial charge is 0.496 e. The lowest BCUT2D eigenvalue weighted by molar-refractivity contribution is 0.104. The smallest absolute Gasteiger partial charge is 0.204 e. The third kappa shape index (κ3) is 3.44. The second-order valence-electron chi connectivity index (χ2n) is 4.36. The first kappa shape index (κ1) is 15.6. The van der Waals surface area contributed by atoms with Gasteiger partial charge in [-0.3, -0.25) is 9.78 Å². The minimum atomic E-state index is -0.183. The number of hydrogen-bond donors (Lipinski definition) is 0. The molecule has 0 atom stereocenters. The van der Waals surface area contributed by atoms with Gasteiger partial charge in [0.15, 0.2) is 11.5 Å². The van der Waals surface area contributed by atoms with E-state index in [1.54, 1.807) is 63.9 Å². The van der Waals surface area contributed by atoms with E-state index in [4.69, 9.17) is 14.2 Å². The van der Waals surface area contributed by atoms with Crippen molar-refractivity contribution in [1.82, 2.24) is 4.98 Å². The molecule has 0 bridgehead atoms. The van der Waals surface area contributed by atoms with Crippen LogP contribution in [0.3, 0.4) is 0 Å². The summed E-state index contributed by atoms with van der Waals surface area (Å²) in [6.45, 7) is 0. The van der Waals surface area contributed by atoms with Crippen LogP contribution < -0.4 is 14.2 Å². The number of ether oxygens (including phenoxy) is 3. The van der Waals surface area contributed by atoms with Gasteiger partial charge in [-0.1, -0.05) is 6.07 Å². The Morgan fingerprint density at radius 2 is 1.68 bits per heavy atom. The highest BCUT2D eigenvalue weighted by atomic mass is 16.5. The zero-order chi connectivity index (χ0) is 15.9. The summed E-state index contributed by atoms with van der Waals surface area (Å²) in [5, 5.41) is 0. The molecular formula is C17H17NO4. The van der Waals surface area contributed by atoms with Crippen molar-refractivity contribution >= 4 is 11.9 Å². The summed E-state index contributed by atoms with van der Waals surface area (Å²) >= 11 is 0. The molecule has 1 heterocycles. The van der Waals surface area contributed by atoms with Crippen LogP contribution in [0.1, 0.15) is 16.1 Å². The van der Waals surface area contributed by atoms with E-state index in [-0.39, 0.29) is 5.78 Å². The van der Waals surface area contributed by atoms with E-state index in [9.17, 15) is 4.79 Å². The number of allylic oxidation sites excluding steroid dienone is 1. The SMILES string of the molecule is COc1cc(OC)c(OC)cc1/C=C/C(=O)c1ccccn1.